The quantitative estimate of drug-likeness (QED) is 0.747. The molecule has 0 aromatic heterocycles. The summed E-state index contributed by atoms with van der Waals surface area (Å²) in [5, 5.41) is 12.4. The van der Waals surface area contributed by atoms with Crippen molar-refractivity contribution in [2.24, 2.45) is 0 Å². The summed E-state index contributed by atoms with van der Waals surface area (Å²) in [6.07, 6.45) is 1.50. The maximum Gasteiger partial charge on any atom is 0.168 e. The highest BCUT2D eigenvalue weighted by molar-refractivity contribution is 8.93. The number of halogens is 2. The average molecular weight is 262 g/mol. The second kappa shape index (κ2) is 4.75. The van der Waals surface area contributed by atoms with Crippen LogP contribution in [-0.4, -0.2) is 18.2 Å². The molecule has 1 aliphatic rings. The topological polar surface area (TPSA) is 32.3 Å². The maximum absolute atomic E-state index is 13.4. The van der Waals surface area contributed by atoms with Crippen molar-refractivity contribution in [2.45, 2.75) is 12.8 Å². The van der Waals surface area contributed by atoms with Crippen LogP contribution in [0, 0.1) is 5.82 Å². The number of hydrogen-bond acceptors (Lipinski definition) is 2. The van der Waals surface area contributed by atoms with Crippen molar-refractivity contribution in [3.8, 4) is 5.75 Å². The molecule has 0 fully saturated rings. The van der Waals surface area contributed by atoms with Crippen LogP contribution in [0.15, 0.2) is 12.1 Å². The highest BCUT2D eigenvalue weighted by Crippen LogP contribution is 2.24. The fourth-order valence-electron chi connectivity index (χ4n) is 1.71. The summed E-state index contributed by atoms with van der Waals surface area (Å²) in [5.74, 6) is -0.679. The van der Waals surface area contributed by atoms with Crippen LogP contribution in [0.4, 0.5) is 4.39 Å². The second-order valence-electron chi connectivity index (χ2n) is 3.29. The first-order valence-electron chi connectivity index (χ1n) is 4.49. The standard InChI is InChI=1S/C10H12FNO.BrH/c11-10-8-4-6-12-5-3-7(8)1-2-9(10)13;/h1-2,12-13H,3-6H2;1H. The van der Waals surface area contributed by atoms with E-state index >= 15 is 0 Å². The average Bonchev–Trinajstić information content (AvgIpc) is 2.36. The predicted molar refractivity (Wildman–Crippen MR) is 58.7 cm³/mol. The molecule has 0 spiro atoms. The first kappa shape index (κ1) is 11.5. The van der Waals surface area contributed by atoms with E-state index in [1.54, 1.807) is 6.07 Å². The van der Waals surface area contributed by atoms with Crippen LogP contribution < -0.4 is 5.32 Å². The Balaban J connectivity index is 0.000000980. The van der Waals surface area contributed by atoms with Crippen molar-refractivity contribution >= 4 is 17.0 Å². The van der Waals surface area contributed by atoms with E-state index in [1.165, 1.54) is 6.07 Å². The fourth-order valence-corrected chi connectivity index (χ4v) is 1.71. The molecule has 2 N–H and O–H groups in total. The second-order valence-corrected chi connectivity index (χ2v) is 3.29. The molecule has 0 saturated heterocycles. The molecule has 0 radical (unpaired) electrons. The highest BCUT2D eigenvalue weighted by Gasteiger charge is 2.14. The van der Waals surface area contributed by atoms with Gasteiger partial charge in [0.15, 0.2) is 11.6 Å². The highest BCUT2D eigenvalue weighted by atomic mass is 79.9. The summed E-state index contributed by atoms with van der Waals surface area (Å²) in [6.45, 7) is 1.67. The number of hydrogen-bond donors (Lipinski definition) is 2. The van der Waals surface area contributed by atoms with Gasteiger partial charge in [0.2, 0.25) is 0 Å². The minimum atomic E-state index is -0.443. The number of phenols is 1. The zero-order chi connectivity index (χ0) is 9.26. The van der Waals surface area contributed by atoms with Crippen LogP contribution in [0.2, 0.25) is 0 Å². The minimum absolute atomic E-state index is 0. The van der Waals surface area contributed by atoms with Crippen LogP contribution in [0.3, 0.4) is 0 Å². The lowest BCUT2D eigenvalue weighted by atomic mass is 10.0. The Labute approximate surface area is 92.9 Å². The molecule has 4 heteroatoms. The summed E-state index contributed by atoms with van der Waals surface area (Å²) >= 11 is 0. The molecular weight excluding hydrogens is 249 g/mol. The monoisotopic (exact) mass is 261 g/mol. The lowest BCUT2D eigenvalue weighted by Crippen LogP contribution is -2.16. The lowest BCUT2D eigenvalue weighted by molar-refractivity contribution is 0.428. The molecule has 0 aliphatic carbocycles. The first-order valence-corrected chi connectivity index (χ1v) is 4.49. The molecule has 0 bridgehead atoms. The van der Waals surface area contributed by atoms with Crippen LogP contribution in [-0.2, 0) is 12.8 Å². The van der Waals surface area contributed by atoms with Crippen molar-refractivity contribution in [1.82, 2.24) is 5.32 Å². The summed E-state index contributed by atoms with van der Waals surface area (Å²) < 4.78 is 13.4. The molecule has 1 aliphatic heterocycles. The molecular formula is C10H13BrFNO. The molecule has 1 aromatic rings. The number of nitrogens with one attached hydrogen (secondary N) is 1. The number of fused-ring (bicyclic) bond motifs is 1. The van der Waals surface area contributed by atoms with Crippen molar-refractivity contribution in [2.75, 3.05) is 13.1 Å². The molecule has 0 atom stereocenters. The van der Waals surface area contributed by atoms with E-state index in [1.807, 2.05) is 0 Å². The Morgan fingerprint density at radius 3 is 2.71 bits per heavy atom. The van der Waals surface area contributed by atoms with E-state index in [0.717, 1.165) is 25.1 Å². The van der Waals surface area contributed by atoms with Crippen molar-refractivity contribution in [1.29, 1.82) is 0 Å². The van der Waals surface area contributed by atoms with Gasteiger partial charge in [0, 0.05) is 0 Å². The van der Waals surface area contributed by atoms with Gasteiger partial charge >= 0.3 is 0 Å². The molecule has 14 heavy (non-hydrogen) atoms. The first-order chi connectivity index (χ1) is 6.29. The largest absolute Gasteiger partial charge is 0.505 e. The van der Waals surface area contributed by atoms with E-state index in [-0.39, 0.29) is 22.7 Å². The SMILES string of the molecule is Br.Oc1ccc2c(c1F)CCNCC2. The zero-order valence-electron chi connectivity index (χ0n) is 7.72. The van der Waals surface area contributed by atoms with Gasteiger partial charge in [0.05, 0.1) is 0 Å². The van der Waals surface area contributed by atoms with Gasteiger partial charge in [0.25, 0.3) is 0 Å². The Kier molecular flexibility index (Phi) is 3.89. The van der Waals surface area contributed by atoms with Gasteiger partial charge < -0.3 is 10.4 Å². The lowest BCUT2D eigenvalue weighted by Gasteiger charge is -2.06. The number of phenolic OH excluding ortho intramolecular Hbond substituents is 1. The predicted octanol–water partition coefficient (Wildman–Crippen LogP) is 1.80. The summed E-state index contributed by atoms with van der Waals surface area (Å²) in [7, 11) is 0. The van der Waals surface area contributed by atoms with Gasteiger partial charge in [-0.3, -0.25) is 0 Å². The van der Waals surface area contributed by atoms with Crippen LogP contribution in [0.1, 0.15) is 11.1 Å². The van der Waals surface area contributed by atoms with Gasteiger partial charge in [-0.1, -0.05) is 6.07 Å². The molecule has 1 aromatic carbocycles. The Morgan fingerprint density at radius 1 is 1.21 bits per heavy atom. The van der Waals surface area contributed by atoms with E-state index in [4.69, 9.17) is 0 Å². The van der Waals surface area contributed by atoms with E-state index in [2.05, 4.69) is 5.32 Å². The Bertz CT molecular complexity index is 330. The van der Waals surface area contributed by atoms with Gasteiger partial charge in [-0.2, -0.15) is 0 Å². The van der Waals surface area contributed by atoms with Crippen LogP contribution in [0.5, 0.6) is 5.75 Å². The normalized spacial score (nSPS) is 15.2. The van der Waals surface area contributed by atoms with Gasteiger partial charge in [-0.15, -0.1) is 17.0 Å². The van der Waals surface area contributed by atoms with Crippen molar-refractivity contribution in [3.05, 3.63) is 29.1 Å². The van der Waals surface area contributed by atoms with E-state index in [9.17, 15) is 9.50 Å². The minimum Gasteiger partial charge on any atom is -0.505 e. The molecule has 2 rings (SSSR count). The van der Waals surface area contributed by atoms with Crippen molar-refractivity contribution in [3.63, 3.8) is 0 Å². The van der Waals surface area contributed by atoms with E-state index < -0.39 is 5.82 Å². The van der Waals surface area contributed by atoms with Gasteiger partial charge in [-0.05, 0) is 43.1 Å². The van der Waals surface area contributed by atoms with Crippen LogP contribution >= 0.6 is 17.0 Å². The number of aromatic hydroxyl groups is 1. The third-order valence-electron chi connectivity index (χ3n) is 2.44. The molecule has 0 amide bonds. The summed E-state index contributed by atoms with van der Waals surface area (Å²) in [6, 6.07) is 3.24. The summed E-state index contributed by atoms with van der Waals surface area (Å²) in [4.78, 5) is 0. The van der Waals surface area contributed by atoms with Gasteiger partial charge in [0.1, 0.15) is 0 Å². The maximum atomic E-state index is 13.4. The summed E-state index contributed by atoms with van der Waals surface area (Å²) in [5.41, 5.74) is 1.69. The van der Waals surface area contributed by atoms with Crippen LogP contribution in [0.25, 0.3) is 0 Å². The van der Waals surface area contributed by atoms with Crippen molar-refractivity contribution < 1.29 is 9.50 Å². The number of rotatable bonds is 0. The fraction of sp³-hybridized carbons (Fsp3) is 0.400. The Hall–Kier alpha value is -0.610. The molecule has 2 nitrogen and oxygen atoms in total. The molecule has 78 valence electrons. The number of benzene rings is 1. The third kappa shape index (κ3) is 2.07. The smallest absolute Gasteiger partial charge is 0.168 e. The van der Waals surface area contributed by atoms with Gasteiger partial charge in [-0.25, -0.2) is 4.39 Å². The zero-order valence-corrected chi connectivity index (χ0v) is 9.43. The third-order valence-corrected chi connectivity index (χ3v) is 2.44. The molecule has 0 unspecified atom stereocenters. The molecule has 0 saturated carbocycles. The van der Waals surface area contributed by atoms with E-state index in [0.29, 0.717) is 12.0 Å². The Morgan fingerprint density at radius 2 is 1.93 bits per heavy atom. The molecule has 1 heterocycles.